The molecule has 0 amide bonds. The van der Waals surface area contributed by atoms with Crippen LogP contribution in [-0.4, -0.2) is 37.6 Å². The van der Waals surface area contributed by atoms with E-state index < -0.39 is 11.7 Å². The number of hydrogen-bond acceptors (Lipinski definition) is 2. The van der Waals surface area contributed by atoms with E-state index in [2.05, 4.69) is 10.2 Å². The molecule has 0 aliphatic carbocycles. The van der Waals surface area contributed by atoms with Crippen molar-refractivity contribution >= 4 is 0 Å². The maximum absolute atomic E-state index is 12.6. The molecule has 1 saturated heterocycles. The molecule has 0 atom stereocenters. The van der Waals surface area contributed by atoms with E-state index in [-0.39, 0.29) is 0 Å². The van der Waals surface area contributed by atoms with Crippen LogP contribution in [0, 0.1) is 0 Å². The van der Waals surface area contributed by atoms with Gasteiger partial charge in [0.25, 0.3) is 0 Å². The Morgan fingerprint density at radius 1 is 1.16 bits per heavy atom. The third kappa shape index (κ3) is 4.51. The zero-order chi connectivity index (χ0) is 13.7. The van der Waals surface area contributed by atoms with Gasteiger partial charge in [-0.1, -0.05) is 18.2 Å². The number of piperazine rings is 1. The van der Waals surface area contributed by atoms with Crippen LogP contribution in [0.4, 0.5) is 13.2 Å². The van der Waals surface area contributed by atoms with Crippen molar-refractivity contribution in [3.63, 3.8) is 0 Å². The van der Waals surface area contributed by atoms with E-state index >= 15 is 0 Å². The summed E-state index contributed by atoms with van der Waals surface area (Å²) in [7, 11) is 0. The Morgan fingerprint density at radius 2 is 1.89 bits per heavy atom. The highest BCUT2D eigenvalue weighted by Crippen LogP contribution is 2.29. The quantitative estimate of drug-likeness (QED) is 0.906. The van der Waals surface area contributed by atoms with E-state index in [1.807, 2.05) is 0 Å². The Kier molecular flexibility index (Phi) is 4.82. The lowest BCUT2D eigenvalue weighted by atomic mass is 10.1. The van der Waals surface area contributed by atoms with E-state index in [1.165, 1.54) is 12.1 Å². The molecule has 2 rings (SSSR count). The Morgan fingerprint density at radius 3 is 2.58 bits per heavy atom. The van der Waals surface area contributed by atoms with Crippen LogP contribution in [-0.2, 0) is 12.6 Å². The van der Waals surface area contributed by atoms with Crippen LogP contribution >= 0.6 is 0 Å². The van der Waals surface area contributed by atoms with E-state index in [0.717, 1.165) is 50.8 Å². The predicted molar refractivity (Wildman–Crippen MR) is 69.1 cm³/mol. The van der Waals surface area contributed by atoms with Crippen molar-refractivity contribution in [2.24, 2.45) is 0 Å². The van der Waals surface area contributed by atoms with Crippen molar-refractivity contribution in [3.05, 3.63) is 35.4 Å². The van der Waals surface area contributed by atoms with Gasteiger partial charge in [-0.3, -0.25) is 0 Å². The topological polar surface area (TPSA) is 15.3 Å². The number of nitrogens with zero attached hydrogens (tertiary/aromatic N) is 1. The molecule has 106 valence electrons. The molecule has 19 heavy (non-hydrogen) atoms. The Balaban J connectivity index is 1.82. The summed E-state index contributed by atoms with van der Waals surface area (Å²) in [6.45, 7) is 5.02. The molecule has 1 aliphatic rings. The predicted octanol–water partition coefficient (Wildman–Crippen LogP) is 2.54. The molecule has 1 fully saturated rings. The Labute approximate surface area is 111 Å². The summed E-state index contributed by atoms with van der Waals surface area (Å²) in [5, 5.41) is 3.28. The van der Waals surface area contributed by atoms with Gasteiger partial charge in [-0.05, 0) is 31.0 Å². The van der Waals surface area contributed by atoms with Gasteiger partial charge in [0.2, 0.25) is 0 Å². The smallest absolute Gasteiger partial charge is 0.314 e. The first kappa shape index (κ1) is 14.3. The van der Waals surface area contributed by atoms with Crippen LogP contribution in [0.1, 0.15) is 17.5 Å². The molecule has 0 unspecified atom stereocenters. The van der Waals surface area contributed by atoms with Gasteiger partial charge in [0, 0.05) is 26.2 Å². The molecule has 1 aromatic carbocycles. The summed E-state index contributed by atoms with van der Waals surface area (Å²) in [6.07, 6.45) is -2.64. The van der Waals surface area contributed by atoms with Gasteiger partial charge in [-0.25, -0.2) is 0 Å². The highest BCUT2D eigenvalue weighted by molar-refractivity contribution is 5.25. The van der Waals surface area contributed by atoms with Crippen molar-refractivity contribution in [2.75, 3.05) is 32.7 Å². The first-order chi connectivity index (χ1) is 9.05. The van der Waals surface area contributed by atoms with Crippen molar-refractivity contribution < 1.29 is 13.2 Å². The van der Waals surface area contributed by atoms with Crippen LogP contribution in [0.2, 0.25) is 0 Å². The zero-order valence-corrected chi connectivity index (χ0v) is 10.8. The van der Waals surface area contributed by atoms with Gasteiger partial charge < -0.3 is 10.2 Å². The summed E-state index contributed by atoms with van der Waals surface area (Å²) in [5.41, 5.74) is 0.220. The van der Waals surface area contributed by atoms with Gasteiger partial charge in [0.05, 0.1) is 5.56 Å². The highest BCUT2D eigenvalue weighted by atomic mass is 19.4. The zero-order valence-electron chi connectivity index (χ0n) is 10.8. The van der Waals surface area contributed by atoms with Crippen LogP contribution in [0.15, 0.2) is 24.3 Å². The molecule has 0 radical (unpaired) electrons. The Hall–Kier alpha value is -1.07. The second-order valence-electron chi connectivity index (χ2n) is 4.89. The lowest BCUT2D eigenvalue weighted by Crippen LogP contribution is -2.43. The maximum atomic E-state index is 12.6. The molecule has 0 spiro atoms. The van der Waals surface area contributed by atoms with Gasteiger partial charge in [0.1, 0.15) is 0 Å². The largest absolute Gasteiger partial charge is 0.416 e. The molecule has 1 heterocycles. The molecule has 1 N–H and O–H groups in total. The summed E-state index contributed by atoms with van der Waals surface area (Å²) < 4.78 is 37.7. The fraction of sp³-hybridized carbons (Fsp3) is 0.571. The molecule has 1 aliphatic heterocycles. The number of nitrogens with one attached hydrogen (secondary N) is 1. The summed E-state index contributed by atoms with van der Waals surface area (Å²) in [6, 6.07) is 5.65. The monoisotopic (exact) mass is 272 g/mol. The first-order valence-corrected chi connectivity index (χ1v) is 6.65. The second kappa shape index (κ2) is 6.39. The van der Waals surface area contributed by atoms with Crippen LogP contribution in [0.5, 0.6) is 0 Å². The normalized spacial score (nSPS) is 17.6. The third-order valence-corrected chi connectivity index (χ3v) is 3.40. The van der Waals surface area contributed by atoms with E-state index in [1.54, 1.807) is 6.07 Å². The van der Waals surface area contributed by atoms with Crippen LogP contribution in [0.3, 0.4) is 0 Å². The number of aryl methyl sites for hydroxylation is 1. The van der Waals surface area contributed by atoms with Gasteiger partial charge in [-0.2, -0.15) is 13.2 Å². The minimum absolute atomic E-state index is 0.549. The molecule has 5 heteroatoms. The number of alkyl halides is 3. The highest BCUT2D eigenvalue weighted by Gasteiger charge is 2.30. The van der Waals surface area contributed by atoms with E-state index in [0.29, 0.717) is 6.42 Å². The lowest BCUT2D eigenvalue weighted by Gasteiger charge is -2.27. The third-order valence-electron chi connectivity index (χ3n) is 3.40. The van der Waals surface area contributed by atoms with Crippen molar-refractivity contribution in [2.45, 2.75) is 19.0 Å². The first-order valence-electron chi connectivity index (χ1n) is 6.65. The summed E-state index contributed by atoms with van der Waals surface area (Å²) >= 11 is 0. The number of benzene rings is 1. The van der Waals surface area contributed by atoms with Gasteiger partial charge in [0.15, 0.2) is 0 Å². The van der Waals surface area contributed by atoms with E-state index in [9.17, 15) is 13.2 Å². The number of rotatable bonds is 4. The molecule has 0 bridgehead atoms. The molecule has 0 aromatic heterocycles. The molecule has 0 saturated carbocycles. The number of hydrogen-bond donors (Lipinski definition) is 1. The Bertz CT molecular complexity index is 398. The van der Waals surface area contributed by atoms with Crippen molar-refractivity contribution in [1.82, 2.24) is 10.2 Å². The molecular formula is C14H19F3N2. The second-order valence-corrected chi connectivity index (χ2v) is 4.89. The average molecular weight is 272 g/mol. The summed E-state index contributed by atoms with van der Waals surface area (Å²) in [4.78, 5) is 2.35. The van der Waals surface area contributed by atoms with E-state index in [4.69, 9.17) is 0 Å². The average Bonchev–Trinajstić information content (AvgIpc) is 2.39. The molecule has 1 aromatic rings. The standard InChI is InChI=1S/C14H19F3N2/c15-14(16,17)13-5-1-3-12(11-13)4-2-8-19-9-6-18-7-10-19/h1,3,5,11,18H,2,4,6-10H2. The SMILES string of the molecule is FC(F)(F)c1cccc(CCCN2CCNCC2)c1. The minimum atomic E-state index is -4.24. The van der Waals surface area contributed by atoms with Gasteiger partial charge >= 0.3 is 6.18 Å². The minimum Gasteiger partial charge on any atom is -0.314 e. The molecular weight excluding hydrogens is 253 g/mol. The fourth-order valence-corrected chi connectivity index (χ4v) is 2.34. The van der Waals surface area contributed by atoms with Crippen molar-refractivity contribution in [1.29, 1.82) is 0 Å². The molecule has 2 nitrogen and oxygen atoms in total. The summed E-state index contributed by atoms with van der Waals surface area (Å²) in [5.74, 6) is 0. The van der Waals surface area contributed by atoms with Crippen LogP contribution < -0.4 is 5.32 Å². The lowest BCUT2D eigenvalue weighted by molar-refractivity contribution is -0.137. The van der Waals surface area contributed by atoms with Gasteiger partial charge in [-0.15, -0.1) is 0 Å². The van der Waals surface area contributed by atoms with Crippen molar-refractivity contribution in [3.8, 4) is 0 Å². The number of halogens is 3. The van der Waals surface area contributed by atoms with Crippen LogP contribution in [0.25, 0.3) is 0 Å². The maximum Gasteiger partial charge on any atom is 0.416 e. The fourth-order valence-electron chi connectivity index (χ4n) is 2.34.